The summed E-state index contributed by atoms with van der Waals surface area (Å²) in [7, 11) is 0. The van der Waals surface area contributed by atoms with Crippen LogP contribution in [0.5, 0.6) is 0 Å². The van der Waals surface area contributed by atoms with E-state index in [2.05, 4.69) is 30.4 Å². The van der Waals surface area contributed by atoms with Crippen LogP contribution in [-0.4, -0.2) is 25.5 Å². The summed E-state index contributed by atoms with van der Waals surface area (Å²) in [6, 6.07) is 8.35. The summed E-state index contributed by atoms with van der Waals surface area (Å²) in [6.45, 7) is 4.86. The van der Waals surface area contributed by atoms with Crippen molar-refractivity contribution in [2.45, 2.75) is 38.0 Å². The van der Waals surface area contributed by atoms with E-state index in [-0.39, 0.29) is 5.41 Å². The molecular formula is C16H22N2O. The summed E-state index contributed by atoms with van der Waals surface area (Å²) in [5.74, 6) is 0.314. The van der Waals surface area contributed by atoms with Crippen LogP contribution in [-0.2, 0) is 10.2 Å². The van der Waals surface area contributed by atoms with Gasteiger partial charge >= 0.3 is 0 Å². The molecule has 3 heteroatoms. The van der Waals surface area contributed by atoms with Crippen molar-refractivity contribution in [1.29, 1.82) is 0 Å². The highest BCUT2D eigenvalue weighted by Gasteiger charge is 2.50. The lowest BCUT2D eigenvalue weighted by molar-refractivity contribution is -0.123. The quantitative estimate of drug-likeness (QED) is 0.903. The van der Waals surface area contributed by atoms with E-state index in [0.717, 1.165) is 51.0 Å². The molecule has 0 aromatic heterocycles. The monoisotopic (exact) mass is 258 g/mol. The Morgan fingerprint density at radius 1 is 1.37 bits per heavy atom. The van der Waals surface area contributed by atoms with E-state index in [1.807, 2.05) is 11.0 Å². The van der Waals surface area contributed by atoms with Gasteiger partial charge in [-0.05, 0) is 37.4 Å². The average Bonchev–Trinajstić information content (AvgIpc) is 2.69. The summed E-state index contributed by atoms with van der Waals surface area (Å²) in [4.78, 5) is 15.0. The van der Waals surface area contributed by atoms with Gasteiger partial charge < -0.3 is 10.2 Å². The maximum Gasteiger partial charge on any atom is 0.239 e. The Labute approximate surface area is 115 Å². The first-order chi connectivity index (χ1) is 9.29. The summed E-state index contributed by atoms with van der Waals surface area (Å²) in [5.41, 5.74) is 2.09. The lowest BCUT2D eigenvalue weighted by Crippen LogP contribution is -2.50. The molecule has 1 spiro atoms. The first-order valence-electron chi connectivity index (χ1n) is 7.42. The molecule has 1 saturated heterocycles. The molecule has 0 bridgehead atoms. The van der Waals surface area contributed by atoms with E-state index in [0.29, 0.717) is 5.91 Å². The number of carbonyl (C=O) groups excluding carboxylic acids is 1. The fraction of sp³-hybridized carbons (Fsp3) is 0.562. The second-order valence-corrected chi connectivity index (χ2v) is 5.69. The van der Waals surface area contributed by atoms with Crippen molar-refractivity contribution in [3.63, 3.8) is 0 Å². The van der Waals surface area contributed by atoms with Crippen molar-refractivity contribution in [2.24, 2.45) is 0 Å². The van der Waals surface area contributed by atoms with Crippen molar-refractivity contribution < 1.29 is 4.79 Å². The van der Waals surface area contributed by atoms with E-state index in [4.69, 9.17) is 0 Å². The molecule has 19 heavy (non-hydrogen) atoms. The zero-order valence-electron chi connectivity index (χ0n) is 11.6. The van der Waals surface area contributed by atoms with E-state index in [1.54, 1.807) is 0 Å². The lowest BCUT2D eigenvalue weighted by atomic mass is 9.76. The van der Waals surface area contributed by atoms with Gasteiger partial charge in [0.05, 0.1) is 5.41 Å². The van der Waals surface area contributed by atoms with Crippen molar-refractivity contribution in [1.82, 2.24) is 5.32 Å². The summed E-state index contributed by atoms with van der Waals surface area (Å²) in [6.07, 6.45) is 4.26. The van der Waals surface area contributed by atoms with Crippen LogP contribution in [0.3, 0.4) is 0 Å². The third kappa shape index (κ3) is 1.88. The number of nitrogens with zero attached hydrogens (tertiary/aromatic N) is 1. The maximum atomic E-state index is 12.9. The second-order valence-electron chi connectivity index (χ2n) is 5.69. The number of piperidine rings is 1. The second kappa shape index (κ2) is 4.97. The Balaban J connectivity index is 2.01. The van der Waals surface area contributed by atoms with Crippen molar-refractivity contribution in [3.05, 3.63) is 29.8 Å². The molecule has 0 radical (unpaired) electrons. The minimum atomic E-state index is -0.289. The molecule has 2 aliphatic rings. The standard InChI is InChI=1S/C16H22N2O/c1-2-3-11-18-14-8-5-4-7-13(14)16(15(18)19)9-6-10-17-12-16/h4-5,7-8,17H,2-3,6,9-12H2,1H3/t16-/m0/s1. The van der Waals surface area contributed by atoms with Crippen LogP contribution >= 0.6 is 0 Å². The SMILES string of the molecule is CCCCN1C(=O)[C@]2(CCCNC2)c2ccccc21. The Bertz CT molecular complexity index is 477. The Kier molecular flexibility index (Phi) is 3.31. The minimum absolute atomic E-state index is 0.289. The Hall–Kier alpha value is -1.35. The summed E-state index contributed by atoms with van der Waals surface area (Å²) < 4.78 is 0. The third-order valence-electron chi connectivity index (χ3n) is 4.48. The number of amides is 1. The Morgan fingerprint density at radius 2 is 2.21 bits per heavy atom. The van der Waals surface area contributed by atoms with E-state index >= 15 is 0 Å². The van der Waals surface area contributed by atoms with Crippen molar-refractivity contribution >= 4 is 11.6 Å². The molecule has 3 nitrogen and oxygen atoms in total. The maximum absolute atomic E-state index is 12.9. The highest BCUT2D eigenvalue weighted by atomic mass is 16.2. The van der Waals surface area contributed by atoms with Gasteiger partial charge in [-0.1, -0.05) is 31.5 Å². The van der Waals surface area contributed by atoms with Crippen molar-refractivity contribution in [3.8, 4) is 0 Å². The number of anilines is 1. The minimum Gasteiger partial charge on any atom is -0.315 e. The summed E-state index contributed by atoms with van der Waals surface area (Å²) >= 11 is 0. The van der Waals surface area contributed by atoms with Gasteiger partial charge in [0.2, 0.25) is 5.91 Å². The number of unbranched alkanes of at least 4 members (excludes halogenated alkanes) is 1. The zero-order valence-corrected chi connectivity index (χ0v) is 11.6. The Morgan fingerprint density at radius 3 is 2.95 bits per heavy atom. The molecule has 1 aromatic carbocycles. The zero-order chi connectivity index (χ0) is 13.3. The van der Waals surface area contributed by atoms with Gasteiger partial charge in [0, 0.05) is 18.8 Å². The van der Waals surface area contributed by atoms with Gasteiger partial charge in [-0.3, -0.25) is 4.79 Å². The van der Waals surface area contributed by atoms with Gasteiger partial charge in [-0.25, -0.2) is 0 Å². The number of nitrogens with one attached hydrogen (secondary N) is 1. The number of hydrogen-bond donors (Lipinski definition) is 1. The van der Waals surface area contributed by atoms with Gasteiger partial charge in [0.15, 0.2) is 0 Å². The number of benzene rings is 1. The first-order valence-corrected chi connectivity index (χ1v) is 7.42. The van der Waals surface area contributed by atoms with Gasteiger partial charge in [-0.15, -0.1) is 0 Å². The number of rotatable bonds is 3. The smallest absolute Gasteiger partial charge is 0.239 e. The molecule has 1 fully saturated rings. The molecular weight excluding hydrogens is 236 g/mol. The van der Waals surface area contributed by atoms with E-state index in [9.17, 15) is 4.79 Å². The number of carbonyl (C=O) groups is 1. The molecule has 3 rings (SSSR count). The topological polar surface area (TPSA) is 32.3 Å². The fourth-order valence-electron chi connectivity index (χ4n) is 3.45. The van der Waals surface area contributed by atoms with Crippen LogP contribution in [0.15, 0.2) is 24.3 Å². The highest BCUT2D eigenvalue weighted by Crippen LogP contribution is 2.45. The molecule has 1 aromatic rings. The van der Waals surface area contributed by atoms with Crippen molar-refractivity contribution in [2.75, 3.05) is 24.5 Å². The van der Waals surface area contributed by atoms with Crippen LogP contribution in [0.4, 0.5) is 5.69 Å². The molecule has 1 N–H and O–H groups in total. The summed E-state index contributed by atoms with van der Waals surface area (Å²) in [5, 5.41) is 3.42. The van der Waals surface area contributed by atoms with E-state index < -0.39 is 0 Å². The normalized spacial score (nSPS) is 25.9. The lowest BCUT2D eigenvalue weighted by Gasteiger charge is -2.33. The van der Waals surface area contributed by atoms with Crippen LogP contribution < -0.4 is 10.2 Å². The number of fused-ring (bicyclic) bond motifs is 2. The largest absolute Gasteiger partial charge is 0.315 e. The van der Waals surface area contributed by atoms with Crippen LogP contribution in [0.1, 0.15) is 38.2 Å². The molecule has 0 saturated carbocycles. The van der Waals surface area contributed by atoms with E-state index in [1.165, 1.54) is 5.56 Å². The molecule has 2 aliphatic heterocycles. The first kappa shape index (κ1) is 12.7. The van der Waals surface area contributed by atoms with Crippen LogP contribution in [0.2, 0.25) is 0 Å². The average molecular weight is 258 g/mol. The molecule has 0 aliphatic carbocycles. The van der Waals surface area contributed by atoms with Gasteiger partial charge in [0.25, 0.3) is 0 Å². The number of para-hydroxylation sites is 1. The van der Waals surface area contributed by atoms with Crippen LogP contribution in [0, 0.1) is 0 Å². The predicted molar refractivity (Wildman–Crippen MR) is 77.5 cm³/mol. The number of hydrogen-bond acceptors (Lipinski definition) is 2. The van der Waals surface area contributed by atoms with Gasteiger partial charge in [-0.2, -0.15) is 0 Å². The van der Waals surface area contributed by atoms with Crippen LogP contribution in [0.25, 0.3) is 0 Å². The highest BCUT2D eigenvalue weighted by molar-refractivity contribution is 6.08. The van der Waals surface area contributed by atoms with Gasteiger partial charge in [0.1, 0.15) is 0 Å². The molecule has 0 unspecified atom stereocenters. The molecule has 1 atom stereocenters. The predicted octanol–water partition coefficient (Wildman–Crippen LogP) is 2.45. The molecule has 2 heterocycles. The third-order valence-corrected chi connectivity index (χ3v) is 4.48. The molecule has 1 amide bonds. The fourth-order valence-corrected chi connectivity index (χ4v) is 3.45. The molecule has 102 valence electrons.